The first-order valence-electron chi connectivity index (χ1n) is 9.17. The molecule has 0 bridgehead atoms. The molecule has 130 valence electrons. The van der Waals surface area contributed by atoms with E-state index in [1.807, 2.05) is 31.2 Å². The lowest BCUT2D eigenvalue weighted by Crippen LogP contribution is -2.32. The van der Waals surface area contributed by atoms with Crippen molar-refractivity contribution in [2.24, 2.45) is 5.92 Å². The number of nitrogens with zero attached hydrogens (tertiary/aromatic N) is 5. The summed E-state index contributed by atoms with van der Waals surface area (Å²) in [6, 6.07) is 0. The smallest absolute Gasteiger partial charge is 0.0948 e. The summed E-state index contributed by atoms with van der Waals surface area (Å²) in [5, 5.41) is 0. The molecule has 0 spiro atoms. The fourth-order valence-corrected chi connectivity index (χ4v) is 3.51. The first-order chi connectivity index (χ1) is 11.8. The number of hydrogen-bond acceptors (Lipinski definition) is 3. The molecule has 2 heterocycles. The highest BCUT2D eigenvalue weighted by molar-refractivity contribution is 4.99. The molecular weight excluding hydrogens is 298 g/mol. The van der Waals surface area contributed by atoms with Gasteiger partial charge in [-0.25, -0.2) is 9.97 Å². The molecule has 0 radical (unpaired) electrons. The molecule has 0 aliphatic heterocycles. The standard InChI is InChI=1S/C19H29N5/c1-2-24-17-21-13-19(24)15-23(14-18-7-4-3-5-8-18)11-6-10-22-12-9-20-16-22/h3-4,9,12-13,16-18H,2,5-8,10-11,14-15H2,1H3/t18-/m0/s1. The lowest BCUT2D eigenvalue weighted by Gasteiger charge is -2.28. The molecule has 0 aromatic carbocycles. The molecule has 0 N–H and O–H groups in total. The predicted molar refractivity (Wildman–Crippen MR) is 96.5 cm³/mol. The second-order valence-corrected chi connectivity index (χ2v) is 6.71. The molecule has 0 unspecified atom stereocenters. The molecule has 0 amide bonds. The summed E-state index contributed by atoms with van der Waals surface area (Å²) in [4.78, 5) is 11.1. The second kappa shape index (κ2) is 8.83. The van der Waals surface area contributed by atoms with E-state index in [1.165, 1.54) is 31.5 Å². The Balaban J connectivity index is 1.57. The lowest BCUT2D eigenvalue weighted by molar-refractivity contribution is 0.205. The fraction of sp³-hybridized carbons (Fsp3) is 0.579. The van der Waals surface area contributed by atoms with E-state index in [9.17, 15) is 0 Å². The summed E-state index contributed by atoms with van der Waals surface area (Å²) < 4.78 is 4.42. The number of allylic oxidation sites excluding steroid dienone is 2. The minimum absolute atomic E-state index is 0.793. The van der Waals surface area contributed by atoms with Gasteiger partial charge in [-0.2, -0.15) is 0 Å². The SMILES string of the molecule is CCn1cncc1CN(CCCn1ccnc1)C[C@H]1CC=CCC1. The van der Waals surface area contributed by atoms with Crippen LogP contribution in [-0.2, 0) is 19.6 Å². The Morgan fingerprint density at radius 1 is 1.25 bits per heavy atom. The normalized spacial score (nSPS) is 17.7. The Morgan fingerprint density at radius 2 is 2.21 bits per heavy atom. The van der Waals surface area contributed by atoms with E-state index >= 15 is 0 Å². The van der Waals surface area contributed by atoms with Crippen LogP contribution in [0.3, 0.4) is 0 Å². The van der Waals surface area contributed by atoms with Gasteiger partial charge in [0.25, 0.3) is 0 Å². The van der Waals surface area contributed by atoms with Crippen molar-refractivity contribution >= 4 is 0 Å². The number of rotatable bonds is 9. The average Bonchev–Trinajstić information content (AvgIpc) is 3.27. The minimum atomic E-state index is 0.793. The molecule has 3 rings (SSSR count). The third-order valence-corrected chi connectivity index (χ3v) is 4.87. The molecule has 2 aromatic heterocycles. The van der Waals surface area contributed by atoms with Gasteiger partial charge >= 0.3 is 0 Å². The fourth-order valence-electron chi connectivity index (χ4n) is 3.51. The van der Waals surface area contributed by atoms with Gasteiger partial charge in [-0.05, 0) is 38.5 Å². The van der Waals surface area contributed by atoms with Crippen LogP contribution in [0.1, 0.15) is 38.3 Å². The molecule has 5 heteroatoms. The zero-order valence-corrected chi connectivity index (χ0v) is 14.7. The van der Waals surface area contributed by atoms with Gasteiger partial charge < -0.3 is 9.13 Å². The zero-order chi connectivity index (χ0) is 16.6. The Hall–Kier alpha value is -1.88. The van der Waals surface area contributed by atoms with Crippen LogP contribution in [0.2, 0.25) is 0 Å². The molecule has 24 heavy (non-hydrogen) atoms. The minimum Gasteiger partial charge on any atom is -0.337 e. The molecule has 0 fully saturated rings. The van der Waals surface area contributed by atoms with Crippen LogP contribution in [0.4, 0.5) is 0 Å². The molecule has 0 saturated heterocycles. The van der Waals surface area contributed by atoms with Crippen molar-refractivity contribution in [1.82, 2.24) is 24.0 Å². The molecular formula is C19H29N5. The maximum Gasteiger partial charge on any atom is 0.0948 e. The summed E-state index contributed by atoms with van der Waals surface area (Å²) in [5.74, 6) is 0.793. The summed E-state index contributed by atoms with van der Waals surface area (Å²) in [6.07, 6.45) is 19.4. The van der Waals surface area contributed by atoms with Crippen LogP contribution in [-0.4, -0.2) is 37.1 Å². The second-order valence-electron chi connectivity index (χ2n) is 6.71. The Morgan fingerprint density at radius 3 is 2.96 bits per heavy atom. The van der Waals surface area contributed by atoms with Crippen molar-refractivity contribution in [3.63, 3.8) is 0 Å². The first-order valence-corrected chi connectivity index (χ1v) is 9.17. The number of aryl methyl sites for hydroxylation is 2. The molecule has 1 atom stereocenters. The third-order valence-electron chi connectivity index (χ3n) is 4.87. The van der Waals surface area contributed by atoms with E-state index in [0.29, 0.717) is 0 Å². The topological polar surface area (TPSA) is 38.9 Å². The van der Waals surface area contributed by atoms with E-state index < -0.39 is 0 Å². The molecule has 1 aliphatic rings. The van der Waals surface area contributed by atoms with Crippen molar-refractivity contribution in [1.29, 1.82) is 0 Å². The summed E-state index contributed by atoms with van der Waals surface area (Å²) in [6.45, 7) is 7.51. The molecule has 2 aromatic rings. The van der Waals surface area contributed by atoms with Crippen LogP contribution < -0.4 is 0 Å². The van der Waals surface area contributed by atoms with Gasteiger partial charge in [-0.3, -0.25) is 4.90 Å². The van der Waals surface area contributed by atoms with Gasteiger partial charge in [0.1, 0.15) is 0 Å². The van der Waals surface area contributed by atoms with E-state index in [4.69, 9.17) is 0 Å². The van der Waals surface area contributed by atoms with Crippen LogP contribution in [0.5, 0.6) is 0 Å². The van der Waals surface area contributed by atoms with E-state index in [-0.39, 0.29) is 0 Å². The number of hydrogen-bond donors (Lipinski definition) is 0. The molecule has 1 aliphatic carbocycles. The largest absolute Gasteiger partial charge is 0.337 e. The summed E-state index contributed by atoms with van der Waals surface area (Å²) >= 11 is 0. The number of imidazole rings is 2. The van der Waals surface area contributed by atoms with Crippen LogP contribution in [0.15, 0.2) is 43.4 Å². The van der Waals surface area contributed by atoms with Crippen molar-refractivity contribution in [2.75, 3.05) is 13.1 Å². The van der Waals surface area contributed by atoms with Gasteiger partial charge in [0.2, 0.25) is 0 Å². The van der Waals surface area contributed by atoms with Gasteiger partial charge in [0.05, 0.1) is 18.3 Å². The van der Waals surface area contributed by atoms with Gasteiger partial charge in [-0.15, -0.1) is 0 Å². The van der Waals surface area contributed by atoms with Crippen molar-refractivity contribution in [3.8, 4) is 0 Å². The average molecular weight is 327 g/mol. The van der Waals surface area contributed by atoms with Crippen molar-refractivity contribution < 1.29 is 0 Å². The predicted octanol–water partition coefficient (Wildman–Crippen LogP) is 3.35. The van der Waals surface area contributed by atoms with Gasteiger partial charge in [0.15, 0.2) is 0 Å². The first kappa shape index (κ1) is 17.0. The highest BCUT2D eigenvalue weighted by Crippen LogP contribution is 2.20. The monoisotopic (exact) mass is 327 g/mol. The van der Waals surface area contributed by atoms with Crippen LogP contribution in [0, 0.1) is 5.92 Å². The van der Waals surface area contributed by atoms with Crippen molar-refractivity contribution in [3.05, 3.63) is 49.1 Å². The summed E-state index contributed by atoms with van der Waals surface area (Å²) in [5.41, 5.74) is 1.33. The quantitative estimate of drug-likeness (QED) is 0.663. The van der Waals surface area contributed by atoms with E-state index in [0.717, 1.165) is 38.5 Å². The Kier molecular flexibility index (Phi) is 6.24. The molecule has 5 nitrogen and oxygen atoms in total. The van der Waals surface area contributed by atoms with Crippen LogP contribution in [0.25, 0.3) is 0 Å². The van der Waals surface area contributed by atoms with Gasteiger partial charge in [0, 0.05) is 51.3 Å². The highest BCUT2D eigenvalue weighted by Gasteiger charge is 2.16. The number of aromatic nitrogens is 4. The van der Waals surface area contributed by atoms with Gasteiger partial charge in [-0.1, -0.05) is 12.2 Å². The van der Waals surface area contributed by atoms with E-state index in [1.54, 1.807) is 0 Å². The van der Waals surface area contributed by atoms with Crippen molar-refractivity contribution in [2.45, 2.75) is 52.2 Å². The highest BCUT2D eigenvalue weighted by atomic mass is 15.2. The Bertz CT molecular complexity index is 614. The van der Waals surface area contributed by atoms with Crippen LogP contribution >= 0.6 is 0 Å². The third kappa shape index (κ3) is 4.81. The Labute approximate surface area is 145 Å². The summed E-state index contributed by atoms with van der Waals surface area (Å²) in [7, 11) is 0. The zero-order valence-electron chi connectivity index (χ0n) is 14.7. The lowest BCUT2D eigenvalue weighted by atomic mass is 9.94. The van der Waals surface area contributed by atoms with E-state index in [2.05, 4.69) is 43.1 Å². The molecule has 0 saturated carbocycles. The maximum atomic E-state index is 4.33. The maximum absolute atomic E-state index is 4.33.